The highest BCUT2D eigenvalue weighted by Crippen LogP contribution is 2.34. The molecule has 0 heterocycles. The van der Waals surface area contributed by atoms with Crippen LogP contribution < -0.4 is 0 Å². The van der Waals surface area contributed by atoms with Crippen LogP contribution in [0.25, 0.3) is 4.91 Å². The Labute approximate surface area is 172 Å². The molecular formula is C21H31NOS3. The van der Waals surface area contributed by atoms with Crippen LogP contribution in [-0.4, -0.2) is 52.2 Å². The Balaban J connectivity index is 1.66. The van der Waals surface area contributed by atoms with Gasteiger partial charge in [-0.15, -0.1) is 23.5 Å². The Morgan fingerprint density at radius 2 is 1.77 bits per heavy atom. The van der Waals surface area contributed by atoms with E-state index in [1.54, 1.807) is 0 Å². The molecule has 0 unspecified atom stereocenters. The van der Waals surface area contributed by atoms with Crippen LogP contribution in [0.2, 0.25) is 0 Å². The minimum atomic E-state index is 0.232. The lowest BCUT2D eigenvalue weighted by Gasteiger charge is -2.31. The van der Waals surface area contributed by atoms with Crippen molar-refractivity contribution in [2.45, 2.75) is 39.7 Å². The van der Waals surface area contributed by atoms with Crippen LogP contribution in [0.4, 0.5) is 0 Å². The molecule has 5 heteroatoms. The lowest BCUT2D eigenvalue weighted by molar-refractivity contribution is -0.114. The van der Waals surface area contributed by atoms with E-state index in [-0.39, 0.29) is 11.3 Å². The topological polar surface area (TPSA) is 20.3 Å². The Hall–Kier alpha value is -0.360. The molecular weight excluding hydrogens is 378 g/mol. The number of hydrogen-bond acceptors (Lipinski definition) is 5. The van der Waals surface area contributed by atoms with Crippen molar-refractivity contribution in [3.05, 3.63) is 41.0 Å². The molecule has 1 aromatic carbocycles. The molecule has 0 radical (unpaired) electrons. The van der Waals surface area contributed by atoms with Gasteiger partial charge in [-0.2, -0.15) is 11.8 Å². The number of aryl methyl sites for hydroxylation is 1. The third kappa shape index (κ3) is 6.99. The van der Waals surface area contributed by atoms with Crippen LogP contribution in [0.5, 0.6) is 0 Å². The Morgan fingerprint density at radius 1 is 1.08 bits per heavy atom. The zero-order valence-corrected chi connectivity index (χ0v) is 19.1. The van der Waals surface area contributed by atoms with E-state index in [9.17, 15) is 4.79 Å². The van der Waals surface area contributed by atoms with Crippen molar-refractivity contribution in [2.24, 2.45) is 0 Å². The normalized spacial score (nSPS) is 14.5. The molecule has 0 aromatic heterocycles. The lowest BCUT2D eigenvalue weighted by atomic mass is 9.95. The quantitative estimate of drug-likeness (QED) is 0.403. The van der Waals surface area contributed by atoms with E-state index >= 15 is 0 Å². The summed E-state index contributed by atoms with van der Waals surface area (Å²) in [5, 5.41) is 0. The molecule has 144 valence electrons. The molecule has 26 heavy (non-hydrogen) atoms. The van der Waals surface area contributed by atoms with Gasteiger partial charge in [0.2, 0.25) is 0 Å². The predicted octanol–water partition coefficient (Wildman–Crippen LogP) is 5.35. The second-order valence-electron chi connectivity index (χ2n) is 7.68. The van der Waals surface area contributed by atoms with Crippen LogP contribution in [0.3, 0.4) is 0 Å². The molecule has 0 saturated heterocycles. The molecule has 0 saturated carbocycles. The minimum Gasteiger partial charge on any atom is -0.294 e. The van der Waals surface area contributed by atoms with Gasteiger partial charge in [-0.05, 0) is 51.9 Å². The molecule has 1 aliphatic carbocycles. The Kier molecular flexibility index (Phi) is 8.65. The first-order chi connectivity index (χ1) is 12.3. The number of ketones is 1. The van der Waals surface area contributed by atoms with Gasteiger partial charge in [0, 0.05) is 45.8 Å². The first-order valence-corrected chi connectivity index (χ1v) is 12.4. The maximum Gasteiger partial charge on any atom is 0.161 e. The van der Waals surface area contributed by atoms with Crippen molar-refractivity contribution < 1.29 is 4.79 Å². The summed E-state index contributed by atoms with van der Waals surface area (Å²) in [7, 11) is 2.19. The van der Waals surface area contributed by atoms with E-state index in [1.165, 1.54) is 28.2 Å². The van der Waals surface area contributed by atoms with Crippen molar-refractivity contribution in [1.82, 2.24) is 4.90 Å². The molecule has 0 aliphatic heterocycles. The number of thioether (sulfide) groups is 3. The van der Waals surface area contributed by atoms with Crippen molar-refractivity contribution >= 4 is 46.0 Å². The largest absolute Gasteiger partial charge is 0.294 e. The molecule has 0 amide bonds. The first-order valence-electron chi connectivity index (χ1n) is 9.11. The third-order valence-electron chi connectivity index (χ3n) is 4.47. The second-order valence-corrected chi connectivity index (χ2v) is 11.1. The van der Waals surface area contributed by atoms with E-state index in [0.717, 1.165) is 22.3 Å². The summed E-state index contributed by atoms with van der Waals surface area (Å²) >= 11 is 5.85. The number of fused-ring (bicyclic) bond motifs is 1. The second kappa shape index (κ2) is 10.3. The van der Waals surface area contributed by atoms with E-state index in [4.69, 9.17) is 0 Å². The summed E-state index contributed by atoms with van der Waals surface area (Å²) in [6, 6.07) is 6.43. The van der Waals surface area contributed by atoms with Crippen LogP contribution in [0, 0.1) is 6.92 Å². The predicted molar refractivity (Wildman–Crippen MR) is 122 cm³/mol. The van der Waals surface area contributed by atoms with Crippen molar-refractivity contribution in [1.29, 1.82) is 0 Å². The smallest absolute Gasteiger partial charge is 0.161 e. The lowest BCUT2D eigenvalue weighted by Crippen LogP contribution is -2.37. The first kappa shape index (κ1) is 21.9. The van der Waals surface area contributed by atoms with Crippen LogP contribution in [-0.2, 0) is 11.2 Å². The number of nitrogens with zero attached hydrogens (tertiary/aromatic N) is 1. The van der Waals surface area contributed by atoms with Gasteiger partial charge in [-0.1, -0.05) is 23.8 Å². The van der Waals surface area contributed by atoms with E-state index in [0.29, 0.717) is 6.42 Å². The number of rotatable bonds is 9. The molecule has 1 aliphatic rings. The number of carbonyl (C=O) groups excluding carboxylic acids is 1. The number of carbonyl (C=O) groups is 1. The van der Waals surface area contributed by atoms with Gasteiger partial charge >= 0.3 is 0 Å². The highest BCUT2D eigenvalue weighted by Gasteiger charge is 2.18. The fraction of sp³-hybridized carbons (Fsp3) is 0.571. The summed E-state index contributed by atoms with van der Waals surface area (Å²) < 4.78 is 0. The molecule has 0 spiro atoms. The van der Waals surface area contributed by atoms with Crippen molar-refractivity contribution in [2.75, 3.05) is 35.9 Å². The minimum absolute atomic E-state index is 0.232. The zero-order valence-electron chi connectivity index (χ0n) is 16.6. The molecule has 1 aromatic rings. The van der Waals surface area contributed by atoms with Gasteiger partial charge in [0.15, 0.2) is 5.78 Å². The van der Waals surface area contributed by atoms with Gasteiger partial charge in [-0.3, -0.25) is 9.69 Å². The summed E-state index contributed by atoms with van der Waals surface area (Å²) in [5.74, 6) is 5.90. The van der Waals surface area contributed by atoms with Crippen molar-refractivity contribution in [3.63, 3.8) is 0 Å². The standard InChI is InChI=1S/C21H31NOS3/c1-16-6-7-17-13-18(23)14-20(19(17)12-16)26-11-10-24-8-9-25-15-22(5)21(2,3)4/h6-7,12,14H,8-11,13,15H2,1-5H3. The molecule has 0 atom stereocenters. The average molecular weight is 410 g/mol. The van der Waals surface area contributed by atoms with Gasteiger partial charge < -0.3 is 0 Å². The van der Waals surface area contributed by atoms with Crippen LogP contribution in [0.15, 0.2) is 24.3 Å². The fourth-order valence-electron chi connectivity index (χ4n) is 2.48. The molecule has 0 bridgehead atoms. The van der Waals surface area contributed by atoms with Gasteiger partial charge in [0.25, 0.3) is 0 Å². The summed E-state index contributed by atoms with van der Waals surface area (Å²) in [4.78, 5) is 15.5. The van der Waals surface area contributed by atoms with Gasteiger partial charge in [0.1, 0.15) is 0 Å². The van der Waals surface area contributed by atoms with Gasteiger partial charge in [0.05, 0.1) is 0 Å². The van der Waals surface area contributed by atoms with E-state index < -0.39 is 0 Å². The van der Waals surface area contributed by atoms with E-state index in [1.807, 2.05) is 41.4 Å². The number of allylic oxidation sites excluding steroid dienone is 1. The number of benzene rings is 1. The van der Waals surface area contributed by atoms with Crippen molar-refractivity contribution in [3.8, 4) is 0 Å². The summed E-state index contributed by atoms with van der Waals surface area (Å²) in [6.45, 7) is 8.88. The van der Waals surface area contributed by atoms with Crippen LogP contribution in [0.1, 0.15) is 37.5 Å². The molecule has 0 fully saturated rings. The van der Waals surface area contributed by atoms with E-state index in [2.05, 4.69) is 57.8 Å². The van der Waals surface area contributed by atoms with Crippen LogP contribution >= 0.6 is 35.3 Å². The fourth-order valence-corrected chi connectivity index (χ4v) is 6.00. The summed E-state index contributed by atoms with van der Waals surface area (Å²) in [5.41, 5.74) is 3.95. The highest BCUT2D eigenvalue weighted by molar-refractivity contribution is 8.09. The third-order valence-corrected chi connectivity index (χ3v) is 8.10. The monoisotopic (exact) mass is 409 g/mol. The Bertz CT molecular complexity index is 649. The Morgan fingerprint density at radius 3 is 2.50 bits per heavy atom. The average Bonchev–Trinajstić information content (AvgIpc) is 2.56. The SMILES string of the molecule is Cc1ccc2c(c1)C(SCCSCCSCN(C)C(C)(C)C)=CC(=O)C2. The number of hydrogen-bond donors (Lipinski definition) is 0. The summed E-state index contributed by atoms with van der Waals surface area (Å²) in [6.07, 6.45) is 2.39. The zero-order chi connectivity index (χ0) is 19.2. The van der Waals surface area contributed by atoms with Gasteiger partial charge in [-0.25, -0.2) is 0 Å². The maximum atomic E-state index is 12.0. The molecule has 2 nitrogen and oxygen atoms in total. The molecule has 2 rings (SSSR count). The maximum absolute atomic E-state index is 12.0. The highest BCUT2D eigenvalue weighted by atomic mass is 32.2. The molecule has 0 N–H and O–H groups in total.